The van der Waals surface area contributed by atoms with Crippen molar-refractivity contribution in [3.63, 3.8) is 0 Å². The normalized spacial score (nSPS) is 11.9. The van der Waals surface area contributed by atoms with E-state index in [1.807, 2.05) is 12.3 Å². The van der Waals surface area contributed by atoms with Crippen molar-refractivity contribution in [3.8, 4) is 0 Å². The summed E-state index contributed by atoms with van der Waals surface area (Å²) in [6.07, 6.45) is 1.02. The number of aryl methyl sites for hydroxylation is 1. The average molecular weight is 290 g/mol. The van der Waals surface area contributed by atoms with Crippen LogP contribution in [-0.2, 0) is 16.1 Å². The van der Waals surface area contributed by atoms with Gasteiger partial charge in [0.15, 0.2) is 0 Å². The molecule has 1 amide bonds. The highest BCUT2D eigenvalue weighted by molar-refractivity contribution is 7.98. The molecule has 100 valence electrons. The largest absolute Gasteiger partial charge is 0.480 e. The molecule has 0 radical (unpaired) electrons. The van der Waals surface area contributed by atoms with Gasteiger partial charge in [0.25, 0.3) is 0 Å². The number of carboxylic acid groups (broad SMARTS) is 1. The lowest BCUT2D eigenvalue weighted by atomic mass is 10.3. The van der Waals surface area contributed by atoms with Crippen LogP contribution in [0.1, 0.15) is 10.7 Å². The third kappa shape index (κ3) is 4.92. The van der Waals surface area contributed by atoms with E-state index >= 15 is 0 Å². The highest BCUT2D eigenvalue weighted by Gasteiger charge is 2.20. The Morgan fingerprint density at radius 1 is 1.67 bits per heavy atom. The lowest BCUT2D eigenvalue weighted by molar-refractivity contribution is -0.138. The van der Waals surface area contributed by atoms with Crippen LogP contribution in [0.2, 0.25) is 0 Å². The zero-order chi connectivity index (χ0) is 13.5. The van der Waals surface area contributed by atoms with Gasteiger partial charge in [-0.05, 0) is 13.2 Å². The summed E-state index contributed by atoms with van der Waals surface area (Å²) < 4.78 is 4.89. The molecule has 1 atom stereocenters. The van der Waals surface area contributed by atoms with Gasteiger partial charge in [0, 0.05) is 16.8 Å². The lowest BCUT2D eigenvalue weighted by Gasteiger charge is -2.12. The topological polar surface area (TPSA) is 88.5 Å². The van der Waals surface area contributed by atoms with E-state index in [-0.39, 0.29) is 6.61 Å². The van der Waals surface area contributed by atoms with E-state index in [4.69, 9.17) is 9.84 Å². The number of thioether (sulfide) groups is 1. The van der Waals surface area contributed by atoms with Crippen LogP contribution in [0.15, 0.2) is 5.38 Å². The quantitative estimate of drug-likeness (QED) is 0.825. The molecule has 1 rings (SSSR count). The van der Waals surface area contributed by atoms with Crippen molar-refractivity contribution in [2.24, 2.45) is 0 Å². The molecule has 0 fully saturated rings. The number of nitrogens with zero attached hydrogens (tertiary/aromatic N) is 1. The van der Waals surface area contributed by atoms with Gasteiger partial charge in [-0.3, -0.25) is 0 Å². The summed E-state index contributed by atoms with van der Waals surface area (Å²) in [5.41, 5.74) is 0.866. The van der Waals surface area contributed by atoms with Crippen molar-refractivity contribution >= 4 is 35.2 Å². The molecular weight excluding hydrogens is 276 g/mol. The number of nitrogens with one attached hydrogen (secondary N) is 1. The van der Waals surface area contributed by atoms with Crippen LogP contribution in [-0.4, -0.2) is 40.2 Å². The molecule has 0 aliphatic heterocycles. The van der Waals surface area contributed by atoms with Crippen molar-refractivity contribution in [1.82, 2.24) is 10.3 Å². The summed E-state index contributed by atoms with van der Waals surface area (Å²) in [4.78, 5) is 26.3. The number of ether oxygens (including phenoxy) is 1. The van der Waals surface area contributed by atoms with E-state index in [1.165, 1.54) is 23.1 Å². The van der Waals surface area contributed by atoms with E-state index in [0.29, 0.717) is 10.8 Å². The number of rotatable bonds is 6. The number of hydrogen-bond donors (Lipinski definition) is 2. The second-order valence-corrected chi connectivity index (χ2v) is 5.30. The molecule has 0 aliphatic rings. The molecule has 2 N–H and O–H groups in total. The summed E-state index contributed by atoms with van der Waals surface area (Å²) in [5, 5.41) is 13.7. The summed E-state index contributed by atoms with van der Waals surface area (Å²) in [5.74, 6) is -0.785. The second kappa shape index (κ2) is 7.22. The molecule has 0 bridgehead atoms. The molecule has 8 heteroatoms. The third-order valence-corrected chi connectivity index (χ3v) is 3.52. The maximum atomic E-state index is 11.4. The highest BCUT2D eigenvalue weighted by atomic mass is 32.2. The molecule has 1 aromatic rings. The summed E-state index contributed by atoms with van der Waals surface area (Å²) >= 11 is 2.73. The molecule has 0 spiro atoms. The first-order valence-corrected chi connectivity index (χ1v) is 7.36. The van der Waals surface area contributed by atoms with E-state index < -0.39 is 18.1 Å². The van der Waals surface area contributed by atoms with Crippen molar-refractivity contribution in [3.05, 3.63) is 16.1 Å². The van der Waals surface area contributed by atoms with Gasteiger partial charge in [0.05, 0.1) is 0 Å². The highest BCUT2D eigenvalue weighted by Crippen LogP contribution is 2.09. The van der Waals surface area contributed by atoms with Gasteiger partial charge in [0.1, 0.15) is 17.7 Å². The Morgan fingerprint density at radius 2 is 2.39 bits per heavy atom. The number of carboxylic acids is 1. The number of carbonyl (C=O) groups excluding carboxylic acids is 1. The molecule has 0 aliphatic carbocycles. The smallest absolute Gasteiger partial charge is 0.408 e. The fourth-order valence-corrected chi connectivity index (χ4v) is 2.36. The number of carbonyl (C=O) groups is 2. The maximum absolute atomic E-state index is 11.4. The van der Waals surface area contributed by atoms with Crippen LogP contribution < -0.4 is 5.32 Å². The van der Waals surface area contributed by atoms with Crippen molar-refractivity contribution in [2.75, 3.05) is 12.0 Å². The van der Waals surface area contributed by atoms with Gasteiger partial charge in [-0.2, -0.15) is 11.8 Å². The zero-order valence-electron chi connectivity index (χ0n) is 10.0. The number of amides is 1. The Labute approximate surface area is 113 Å². The molecule has 0 saturated heterocycles. The minimum atomic E-state index is -1.08. The number of alkyl carbamates (subject to hydrolysis) is 1. The molecule has 0 saturated carbocycles. The van der Waals surface area contributed by atoms with Gasteiger partial charge in [-0.1, -0.05) is 0 Å². The van der Waals surface area contributed by atoms with Crippen molar-refractivity contribution < 1.29 is 19.4 Å². The number of hydrogen-bond acceptors (Lipinski definition) is 6. The predicted molar refractivity (Wildman–Crippen MR) is 70.0 cm³/mol. The van der Waals surface area contributed by atoms with Gasteiger partial charge in [0.2, 0.25) is 0 Å². The predicted octanol–water partition coefficient (Wildman–Crippen LogP) is 1.49. The van der Waals surface area contributed by atoms with Crippen LogP contribution in [0.5, 0.6) is 0 Å². The Balaban J connectivity index is 2.38. The number of aliphatic carboxylic acids is 1. The van der Waals surface area contributed by atoms with Crippen LogP contribution in [0.4, 0.5) is 4.79 Å². The molecule has 0 aromatic carbocycles. The van der Waals surface area contributed by atoms with Crippen LogP contribution in [0, 0.1) is 6.92 Å². The van der Waals surface area contributed by atoms with E-state index in [0.717, 1.165) is 5.69 Å². The molecule has 1 aromatic heterocycles. The van der Waals surface area contributed by atoms with Gasteiger partial charge < -0.3 is 15.2 Å². The fourth-order valence-electron chi connectivity index (χ4n) is 1.12. The van der Waals surface area contributed by atoms with Gasteiger partial charge in [-0.15, -0.1) is 11.3 Å². The first-order valence-electron chi connectivity index (χ1n) is 5.09. The average Bonchev–Trinajstić information content (AvgIpc) is 2.72. The Kier molecular flexibility index (Phi) is 5.93. The number of thiazole rings is 1. The summed E-state index contributed by atoms with van der Waals surface area (Å²) in [6, 6.07) is -0.939. The van der Waals surface area contributed by atoms with Gasteiger partial charge in [-0.25, -0.2) is 14.6 Å². The molecule has 18 heavy (non-hydrogen) atoms. The van der Waals surface area contributed by atoms with Crippen LogP contribution in [0.25, 0.3) is 0 Å². The van der Waals surface area contributed by atoms with E-state index in [9.17, 15) is 9.59 Å². The van der Waals surface area contributed by atoms with Gasteiger partial charge >= 0.3 is 12.1 Å². The fraction of sp³-hybridized carbons (Fsp3) is 0.500. The lowest BCUT2D eigenvalue weighted by Crippen LogP contribution is -2.42. The third-order valence-electron chi connectivity index (χ3n) is 1.92. The first kappa shape index (κ1) is 14.8. The Morgan fingerprint density at radius 3 is 2.89 bits per heavy atom. The zero-order valence-corrected chi connectivity index (χ0v) is 11.6. The SMILES string of the molecule is CSC[C@H](NC(=O)OCc1nc(C)cs1)C(=O)O. The van der Waals surface area contributed by atoms with Crippen LogP contribution >= 0.6 is 23.1 Å². The minimum Gasteiger partial charge on any atom is -0.480 e. The van der Waals surface area contributed by atoms with Crippen molar-refractivity contribution in [2.45, 2.75) is 19.6 Å². The Hall–Kier alpha value is -1.28. The number of aromatic nitrogens is 1. The summed E-state index contributed by atoms with van der Waals surface area (Å²) in [6.45, 7) is 1.90. The second-order valence-electron chi connectivity index (χ2n) is 3.45. The molecular formula is C10H14N2O4S2. The summed E-state index contributed by atoms with van der Waals surface area (Å²) in [7, 11) is 0. The van der Waals surface area contributed by atoms with Crippen LogP contribution in [0.3, 0.4) is 0 Å². The standard InChI is InChI=1S/C10H14N2O4S2/c1-6-4-18-8(11-6)3-16-10(15)12-7(5-17-2)9(13)14/h4,7H,3,5H2,1-2H3,(H,12,15)(H,13,14)/t7-/m0/s1. The molecule has 6 nitrogen and oxygen atoms in total. The maximum Gasteiger partial charge on any atom is 0.408 e. The Bertz CT molecular complexity index is 422. The van der Waals surface area contributed by atoms with E-state index in [1.54, 1.807) is 6.26 Å². The minimum absolute atomic E-state index is 0.0515. The molecule has 0 unspecified atom stereocenters. The van der Waals surface area contributed by atoms with E-state index in [2.05, 4.69) is 10.3 Å². The van der Waals surface area contributed by atoms with Crippen molar-refractivity contribution in [1.29, 1.82) is 0 Å². The monoisotopic (exact) mass is 290 g/mol. The first-order chi connectivity index (χ1) is 8.52. The molecule has 1 heterocycles.